The number of amides is 1. The molecule has 2 heterocycles. The number of carbonyl (C=O) groups is 1. The second kappa shape index (κ2) is 8.19. The minimum absolute atomic E-state index is 0.219. The molecule has 8 nitrogen and oxygen atoms in total. The minimum Gasteiger partial charge on any atom is -0.323 e. The van der Waals surface area contributed by atoms with Gasteiger partial charge >= 0.3 is 0 Å². The Morgan fingerprint density at radius 2 is 1.90 bits per heavy atom. The van der Waals surface area contributed by atoms with Crippen LogP contribution in [0.5, 0.6) is 0 Å². The Morgan fingerprint density at radius 1 is 1.07 bits per heavy atom. The molecule has 0 aliphatic carbocycles. The molecule has 0 spiro atoms. The highest BCUT2D eigenvalue weighted by Crippen LogP contribution is 2.24. The average Bonchev–Trinajstić information content (AvgIpc) is 3.25. The number of nitrogens with one attached hydrogen (secondary N) is 1. The summed E-state index contributed by atoms with van der Waals surface area (Å²) in [4.78, 5) is 28.8. The van der Waals surface area contributed by atoms with Crippen molar-refractivity contribution in [2.75, 3.05) is 5.32 Å². The molecule has 4 rings (SSSR count). The van der Waals surface area contributed by atoms with Crippen molar-refractivity contribution in [3.63, 3.8) is 0 Å². The summed E-state index contributed by atoms with van der Waals surface area (Å²) in [5.74, 6) is -0.385. The van der Waals surface area contributed by atoms with E-state index in [0.717, 1.165) is 14.7 Å². The van der Waals surface area contributed by atoms with Gasteiger partial charge in [-0.15, -0.1) is 0 Å². The van der Waals surface area contributed by atoms with Crippen LogP contribution in [-0.2, 0) is 11.3 Å². The van der Waals surface area contributed by atoms with Gasteiger partial charge < -0.3 is 5.32 Å². The third-order valence-electron chi connectivity index (χ3n) is 4.13. The van der Waals surface area contributed by atoms with Gasteiger partial charge in [0.1, 0.15) is 19.2 Å². The number of hydrogen-bond donors (Lipinski definition) is 1. The van der Waals surface area contributed by atoms with Crippen molar-refractivity contribution < 1.29 is 4.79 Å². The van der Waals surface area contributed by atoms with E-state index < -0.39 is 0 Å². The van der Waals surface area contributed by atoms with Gasteiger partial charge in [-0.3, -0.25) is 9.59 Å². The summed E-state index contributed by atoms with van der Waals surface area (Å²) in [6.07, 6.45) is 2.94. The lowest BCUT2D eigenvalue weighted by Gasteiger charge is -2.12. The molecule has 0 unspecified atom stereocenters. The van der Waals surface area contributed by atoms with Crippen molar-refractivity contribution in [3.8, 4) is 16.9 Å². The number of nitrogens with zero attached hydrogens (tertiary/aromatic N) is 5. The molecule has 2 aromatic carbocycles. The Bertz CT molecular complexity index is 1210. The maximum Gasteiger partial charge on any atom is 0.267 e. The molecule has 2 aromatic heterocycles. The van der Waals surface area contributed by atoms with E-state index in [9.17, 15) is 9.59 Å². The van der Waals surface area contributed by atoms with Crippen LogP contribution < -0.4 is 10.9 Å². The van der Waals surface area contributed by atoms with Crippen LogP contribution in [0.1, 0.15) is 0 Å². The molecule has 1 amide bonds. The van der Waals surface area contributed by atoms with Crippen molar-refractivity contribution in [1.29, 1.82) is 0 Å². The number of carbonyl (C=O) groups excluding carboxylic acids is 1. The van der Waals surface area contributed by atoms with Gasteiger partial charge in [-0.2, -0.15) is 10.2 Å². The molecule has 4 aromatic rings. The Hall–Kier alpha value is -3.59. The molecule has 144 valence electrons. The number of benzene rings is 2. The highest BCUT2D eigenvalue weighted by atomic mass is 79.9. The summed E-state index contributed by atoms with van der Waals surface area (Å²) in [6, 6.07) is 17.9. The zero-order chi connectivity index (χ0) is 20.2. The second-order valence-electron chi connectivity index (χ2n) is 6.13. The monoisotopic (exact) mass is 450 g/mol. The Kier molecular flexibility index (Phi) is 5.30. The molecule has 0 bridgehead atoms. The van der Waals surface area contributed by atoms with Gasteiger partial charge in [-0.1, -0.05) is 46.3 Å². The highest BCUT2D eigenvalue weighted by molar-refractivity contribution is 9.10. The molecular weight excluding hydrogens is 436 g/mol. The number of rotatable bonds is 5. The van der Waals surface area contributed by atoms with Crippen molar-refractivity contribution in [2.24, 2.45) is 0 Å². The molecule has 0 saturated carbocycles. The van der Waals surface area contributed by atoms with Crippen molar-refractivity contribution in [1.82, 2.24) is 24.5 Å². The molecule has 0 saturated heterocycles. The molecule has 9 heteroatoms. The summed E-state index contributed by atoms with van der Waals surface area (Å²) in [6.45, 7) is -0.219. The second-order valence-corrected chi connectivity index (χ2v) is 7.05. The lowest BCUT2D eigenvalue weighted by atomic mass is 10.1. The number of hydrogen-bond acceptors (Lipinski definition) is 5. The zero-order valence-electron chi connectivity index (χ0n) is 15.1. The fourth-order valence-corrected chi connectivity index (χ4v) is 3.15. The van der Waals surface area contributed by atoms with E-state index in [2.05, 4.69) is 36.4 Å². The molecule has 1 N–H and O–H groups in total. The smallest absolute Gasteiger partial charge is 0.267 e. The van der Waals surface area contributed by atoms with Gasteiger partial charge in [0.05, 0.1) is 17.1 Å². The van der Waals surface area contributed by atoms with E-state index in [1.807, 2.05) is 36.4 Å². The van der Waals surface area contributed by atoms with Crippen LogP contribution in [0.25, 0.3) is 16.9 Å². The molecule has 0 aliphatic rings. The van der Waals surface area contributed by atoms with E-state index in [1.165, 1.54) is 18.7 Å². The van der Waals surface area contributed by atoms with Gasteiger partial charge in [0, 0.05) is 16.1 Å². The third kappa shape index (κ3) is 4.30. The molecule has 0 aliphatic heterocycles. The molecule has 29 heavy (non-hydrogen) atoms. The van der Waals surface area contributed by atoms with Gasteiger partial charge in [0.2, 0.25) is 5.91 Å². The van der Waals surface area contributed by atoms with Crippen molar-refractivity contribution in [2.45, 2.75) is 6.54 Å². The van der Waals surface area contributed by atoms with E-state index in [1.54, 1.807) is 22.9 Å². The Labute approximate surface area is 174 Å². The summed E-state index contributed by atoms with van der Waals surface area (Å²) < 4.78 is 3.48. The average molecular weight is 451 g/mol. The topological polar surface area (TPSA) is 94.7 Å². The number of aromatic nitrogens is 5. The molecule has 0 fully saturated rings. The summed E-state index contributed by atoms with van der Waals surface area (Å²) >= 11 is 3.40. The SMILES string of the molecule is O=C(Cn1nc(-c2ccccc2)ccc1=O)Nc1cc(Br)ccc1-n1cncn1. The van der Waals surface area contributed by atoms with Gasteiger partial charge in [-0.05, 0) is 24.3 Å². The number of halogens is 1. The van der Waals surface area contributed by atoms with Crippen LogP contribution in [0.2, 0.25) is 0 Å². The fraction of sp³-hybridized carbons (Fsp3) is 0.0500. The number of anilines is 1. The van der Waals surface area contributed by atoms with E-state index in [4.69, 9.17) is 0 Å². The normalized spacial score (nSPS) is 10.7. The largest absolute Gasteiger partial charge is 0.323 e. The quantitative estimate of drug-likeness (QED) is 0.504. The minimum atomic E-state index is -0.385. The summed E-state index contributed by atoms with van der Waals surface area (Å²) in [5, 5.41) is 11.2. The standard InChI is InChI=1S/C20H15BrN6O2/c21-15-6-8-18(27-13-22-12-23-27)17(10-15)24-19(28)11-26-20(29)9-7-16(25-26)14-4-2-1-3-5-14/h1-10,12-13H,11H2,(H,24,28). The van der Waals surface area contributed by atoms with Gasteiger partial charge in [-0.25, -0.2) is 14.3 Å². The predicted molar refractivity (Wildman–Crippen MR) is 112 cm³/mol. The first-order chi connectivity index (χ1) is 14.1. The third-order valence-corrected chi connectivity index (χ3v) is 4.62. The first-order valence-corrected chi connectivity index (χ1v) is 9.47. The lowest BCUT2D eigenvalue weighted by Crippen LogP contribution is -2.29. The Morgan fingerprint density at radius 3 is 2.66 bits per heavy atom. The van der Waals surface area contributed by atoms with Crippen LogP contribution >= 0.6 is 15.9 Å². The first kappa shape index (κ1) is 18.8. The molecule has 0 atom stereocenters. The molecular formula is C20H15BrN6O2. The first-order valence-electron chi connectivity index (χ1n) is 8.68. The maximum atomic E-state index is 12.6. The van der Waals surface area contributed by atoms with Crippen LogP contribution in [0, 0.1) is 0 Å². The van der Waals surface area contributed by atoms with E-state index >= 15 is 0 Å². The zero-order valence-corrected chi connectivity index (χ0v) is 16.7. The predicted octanol–water partition coefficient (Wildman–Crippen LogP) is 2.89. The summed E-state index contributed by atoms with van der Waals surface area (Å²) in [5.41, 5.74) is 2.30. The van der Waals surface area contributed by atoms with Gasteiger partial charge in [0.15, 0.2) is 0 Å². The maximum absolute atomic E-state index is 12.6. The molecule has 0 radical (unpaired) electrons. The summed E-state index contributed by atoms with van der Waals surface area (Å²) in [7, 11) is 0. The van der Waals surface area contributed by atoms with Crippen LogP contribution in [0.15, 0.2) is 82.6 Å². The van der Waals surface area contributed by atoms with Crippen molar-refractivity contribution >= 4 is 27.5 Å². The van der Waals surface area contributed by atoms with Gasteiger partial charge in [0.25, 0.3) is 5.56 Å². The highest BCUT2D eigenvalue weighted by Gasteiger charge is 2.12. The van der Waals surface area contributed by atoms with Crippen LogP contribution in [-0.4, -0.2) is 30.5 Å². The fourth-order valence-electron chi connectivity index (χ4n) is 2.79. The van der Waals surface area contributed by atoms with Crippen LogP contribution in [0.4, 0.5) is 5.69 Å². The Balaban J connectivity index is 1.59. The lowest BCUT2D eigenvalue weighted by molar-refractivity contribution is -0.117. The van der Waals surface area contributed by atoms with Crippen molar-refractivity contribution in [3.05, 3.63) is 88.1 Å². The van der Waals surface area contributed by atoms with E-state index in [0.29, 0.717) is 17.1 Å². The van der Waals surface area contributed by atoms with E-state index in [-0.39, 0.29) is 18.0 Å². The van der Waals surface area contributed by atoms with Crippen LogP contribution in [0.3, 0.4) is 0 Å².